The molecule has 1 fully saturated rings. The van der Waals surface area contributed by atoms with E-state index in [0.717, 1.165) is 21.9 Å². The van der Waals surface area contributed by atoms with Crippen LogP contribution in [0, 0.1) is 0 Å². The summed E-state index contributed by atoms with van der Waals surface area (Å²) in [4.78, 5) is 14.4. The number of nitrogens with zero attached hydrogens (tertiary/aromatic N) is 1. The lowest BCUT2D eigenvalue weighted by molar-refractivity contribution is -0.137. The Labute approximate surface area is 128 Å². The van der Waals surface area contributed by atoms with Gasteiger partial charge in [-0.3, -0.25) is 9.69 Å². The van der Waals surface area contributed by atoms with Crippen molar-refractivity contribution in [1.82, 2.24) is 0 Å². The van der Waals surface area contributed by atoms with E-state index in [1.165, 1.54) is 0 Å². The molecular formula is C16H15NO3S. The monoisotopic (exact) mass is 301 g/mol. The summed E-state index contributed by atoms with van der Waals surface area (Å²) in [6.45, 7) is 0. The Morgan fingerprint density at radius 2 is 1.81 bits per heavy atom. The van der Waals surface area contributed by atoms with Gasteiger partial charge in [0.1, 0.15) is 5.75 Å². The number of hydrogen-bond acceptors (Lipinski definition) is 4. The van der Waals surface area contributed by atoms with Crippen LogP contribution in [0.2, 0.25) is 0 Å². The molecule has 0 aromatic heterocycles. The molecule has 3 rings (SSSR count). The molecule has 21 heavy (non-hydrogen) atoms. The van der Waals surface area contributed by atoms with Crippen LogP contribution in [0.3, 0.4) is 0 Å². The fourth-order valence-corrected chi connectivity index (χ4v) is 2.84. The number of carbonyl (C=O) groups excluding carboxylic acids is 1. The fraction of sp³-hybridized carbons (Fsp3) is 0.188. The Morgan fingerprint density at radius 3 is 2.43 bits per heavy atom. The number of aliphatic hydroxyl groups is 1. The zero-order chi connectivity index (χ0) is 15.0. The van der Waals surface area contributed by atoms with Crippen molar-refractivity contribution in [3.05, 3.63) is 54.1 Å². The highest BCUT2D eigenvalue weighted by Gasteiger charge is 2.48. The first kappa shape index (κ1) is 14.0. The number of amides is 1. The van der Waals surface area contributed by atoms with Gasteiger partial charge in [-0.05, 0) is 35.9 Å². The molecular weight excluding hydrogens is 286 g/mol. The Morgan fingerprint density at radius 1 is 1.14 bits per heavy atom. The van der Waals surface area contributed by atoms with Gasteiger partial charge in [-0.25, -0.2) is 0 Å². The normalized spacial score (nSPS) is 21.1. The molecule has 0 radical (unpaired) electrons. The van der Waals surface area contributed by atoms with E-state index in [-0.39, 0.29) is 5.91 Å². The summed E-state index contributed by atoms with van der Waals surface area (Å²) < 4.78 is 5.11. The van der Waals surface area contributed by atoms with Crippen molar-refractivity contribution in [2.75, 3.05) is 12.0 Å². The summed E-state index contributed by atoms with van der Waals surface area (Å²) in [5.41, 5.74) is 1.57. The molecule has 0 bridgehead atoms. The number of carbonyl (C=O) groups is 1. The van der Waals surface area contributed by atoms with Crippen LogP contribution in [-0.4, -0.2) is 24.2 Å². The maximum Gasteiger partial charge on any atom is 0.259 e. The van der Waals surface area contributed by atoms with E-state index in [4.69, 9.17) is 4.74 Å². The Hall–Kier alpha value is -1.98. The van der Waals surface area contributed by atoms with Crippen LogP contribution >= 0.6 is 12.6 Å². The number of ether oxygens (including phenoxy) is 1. The van der Waals surface area contributed by atoms with Crippen molar-refractivity contribution in [2.45, 2.75) is 17.0 Å². The summed E-state index contributed by atoms with van der Waals surface area (Å²) >= 11 is 4.41. The summed E-state index contributed by atoms with van der Waals surface area (Å²) in [5, 5.41) is 10.0. The number of rotatable bonds is 3. The van der Waals surface area contributed by atoms with Crippen LogP contribution in [-0.2, 0) is 4.79 Å². The predicted octanol–water partition coefficient (Wildman–Crippen LogP) is 2.43. The van der Waals surface area contributed by atoms with Crippen molar-refractivity contribution in [2.24, 2.45) is 0 Å². The number of methoxy groups -OCH3 is 1. The van der Waals surface area contributed by atoms with Gasteiger partial charge in [0.15, 0.2) is 6.10 Å². The second-order valence-corrected chi connectivity index (χ2v) is 5.34. The third-order valence-corrected chi connectivity index (χ3v) is 4.08. The van der Waals surface area contributed by atoms with E-state index in [1.54, 1.807) is 36.3 Å². The molecule has 1 aliphatic heterocycles. The smallest absolute Gasteiger partial charge is 0.259 e. The van der Waals surface area contributed by atoms with E-state index in [9.17, 15) is 9.90 Å². The first-order chi connectivity index (χ1) is 10.1. The zero-order valence-corrected chi connectivity index (χ0v) is 12.3. The minimum absolute atomic E-state index is 0.304. The Kier molecular flexibility index (Phi) is 3.61. The van der Waals surface area contributed by atoms with E-state index in [1.807, 2.05) is 24.3 Å². The highest BCUT2D eigenvalue weighted by Crippen LogP contribution is 2.41. The molecule has 1 saturated heterocycles. The molecule has 0 spiro atoms. The summed E-state index contributed by atoms with van der Waals surface area (Å²) in [5.74, 6) is 0.417. The number of thiol groups is 1. The molecule has 1 N–H and O–H groups in total. The summed E-state index contributed by atoms with van der Waals surface area (Å²) in [7, 11) is 1.59. The van der Waals surface area contributed by atoms with Gasteiger partial charge >= 0.3 is 0 Å². The molecule has 1 amide bonds. The average molecular weight is 301 g/mol. The van der Waals surface area contributed by atoms with Crippen LogP contribution in [0.15, 0.2) is 53.4 Å². The number of benzene rings is 2. The maximum absolute atomic E-state index is 12.0. The van der Waals surface area contributed by atoms with Gasteiger partial charge in [-0.2, -0.15) is 0 Å². The van der Waals surface area contributed by atoms with Gasteiger partial charge in [-0.1, -0.05) is 18.2 Å². The number of β-lactam (4-membered cyclic amide) rings is 1. The fourth-order valence-electron chi connectivity index (χ4n) is 2.55. The number of anilines is 1. The van der Waals surface area contributed by atoms with Crippen LogP contribution in [0.5, 0.6) is 5.75 Å². The molecule has 0 unspecified atom stereocenters. The molecule has 0 saturated carbocycles. The first-order valence-corrected chi connectivity index (χ1v) is 7.01. The SMILES string of the molecule is COc1ccc(N2C(=O)[C@@H](O)[C@@H]2c2ccccc2S)cc1. The molecule has 2 aromatic rings. The largest absolute Gasteiger partial charge is 0.497 e. The van der Waals surface area contributed by atoms with E-state index < -0.39 is 12.1 Å². The van der Waals surface area contributed by atoms with Crippen molar-refractivity contribution < 1.29 is 14.6 Å². The topological polar surface area (TPSA) is 49.8 Å². The lowest BCUT2D eigenvalue weighted by atomic mass is 9.90. The van der Waals surface area contributed by atoms with Crippen LogP contribution < -0.4 is 9.64 Å². The molecule has 0 aliphatic carbocycles. The van der Waals surface area contributed by atoms with Gasteiger partial charge in [-0.15, -0.1) is 12.6 Å². The van der Waals surface area contributed by atoms with Crippen LogP contribution in [0.25, 0.3) is 0 Å². The van der Waals surface area contributed by atoms with Gasteiger partial charge in [0, 0.05) is 10.6 Å². The summed E-state index contributed by atoms with van der Waals surface area (Å²) in [6.07, 6.45) is -1.03. The molecule has 5 heteroatoms. The molecule has 2 aromatic carbocycles. The van der Waals surface area contributed by atoms with Crippen molar-refractivity contribution in [1.29, 1.82) is 0 Å². The third-order valence-electron chi connectivity index (χ3n) is 3.67. The zero-order valence-electron chi connectivity index (χ0n) is 11.4. The van der Waals surface area contributed by atoms with Crippen molar-refractivity contribution in [3.63, 3.8) is 0 Å². The highest BCUT2D eigenvalue weighted by molar-refractivity contribution is 7.80. The molecule has 1 heterocycles. The summed E-state index contributed by atoms with van der Waals surface area (Å²) in [6, 6.07) is 14.2. The first-order valence-electron chi connectivity index (χ1n) is 6.56. The van der Waals surface area contributed by atoms with E-state index in [0.29, 0.717) is 0 Å². The number of aliphatic hydroxyl groups excluding tert-OH is 1. The van der Waals surface area contributed by atoms with Crippen molar-refractivity contribution >= 4 is 24.2 Å². The van der Waals surface area contributed by atoms with Gasteiger partial charge in [0.05, 0.1) is 13.2 Å². The van der Waals surface area contributed by atoms with Crippen LogP contribution in [0.4, 0.5) is 5.69 Å². The van der Waals surface area contributed by atoms with Gasteiger partial charge < -0.3 is 9.84 Å². The Balaban J connectivity index is 1.96. The lowest BCUT2D eigenvalue weighted by Crippen LogP contribution is -2.59. The quantitative estimate of drug-likeness (QED) is 0.676. The predicted molar refractivity (Wildman–Crippen MR) is 82.9 cm³/mol. The van der Waals surface area contributed by atoms with Gasteiger partial charge in [0.25, 0.3) is 5.91 Å². The molecule has 2 atom stereocenters. The van der Waals surface area contributed by atoms with E-state index in [2.05, 4.69) is 12.6 Å². The molecule has 108 valence electrons. The lowest BCUT2D eigenvalue weighted by Gasteiger charge is -2.45. The van der Waals surface area contributed by atoms with Gasteiger partial charge in [0.2, 0.25) is 0 Å². The maximum atomic E-state index is 12.0. The molecule has 4 nitrogen and oxygen atoms in total. The third kappa shape index (κ3) is 2.28. The van der Waals surface area contributed by atoms with E-state index >= 15 is 0 Å². The highest BCUT2D eigenvalue weighted by atomic mass is 32.1. The molecule has 1 aliphatic rings. The second kappa shape index (κ2) is 5.42. The number of hydrogen-bond donors (Lipinski definition) is 2. The Bertz CT molecular complexity index is 671. The second-order valence-electron chi connectivity index (χ2n) is 4.85. The van der Waals surface area contributed by atoms with Crippen molar-refractivity contribution in [3.8, 4) is 5.75 Å². The minimum Gasteiger partial charge on any atom is -0.497 e. The standard InChI is InChI=1S/C16H15NO3S/c1-20-11-8-6-10(7-9-11)17-14(15(18)16(17)19)12-4-2-3-5-13(12)21/h2-9,14-15,18,21H,1H3/t14-,15-/m0/s1. The van der Waals surface area contributed by atoms with Crippen LogP contribution in [0.1, 0.15) is 11.6 Å². The average Bonchev–Trinajstić information content (AvgIpc) is 2.53. The minimum atomic E-state index is -1.03.